The van der Waals surface area contributed by atoms with E-state index in [0.29, 0.717) is 5.15 Å². The number of aryl methyl sites for hydroxylation is 4. The molecule has 0 N–H and O–H groups in total. The number of benzene rings is 1. The van der Waals surface area contributed by atoms with Crippen LogP contribution in [0.2, 0.25) is 5.15 Å². The monoisotopic (exact) mass is 246 g/mol. The minimum Gasteiger partial charge on any atom is -0.241 e. The average Bonchev–Trinajstić information content (AvgIpc) is 2.32. The molecular weight excluding hydrogens is 232 g/mol. The van der Waals surface area contributed by atoms with Crippen molar-refractivity contribution in [1.29, 1.82) is 0 Å². The van der Waals surface area contributed by atoms with E-state index in [1.54, 1.807) is 6.20 Å². The molecule has 0 radical (unpaired) electrons. The second kappa shape index (κ2) is 5.28. The molecule has 3 heteroatoms. The Morgan fingerprint density at radius 1 is 1.06 bits per heavy atom. The molecule has 0 aliphatic carbocycles. The fourth-order valence-electron chi connectivity index (χ4n) is 1.71. The molecule has 0 saturated carbocycles. The van der Waals surface area contributed by atoms with Crippen LogP contribution in [-0.2, 0) is 12.8 Å². The first kappa shape index (κ1) is 12.1. The molecule has 0 unspecified atom stereocenters. The van der Waals surface area contributed by atoms with E-state index in [0.717, 1.165) is 24.2 Å². The van der Waals surface area contributed by atoms with Crippen LogP contribution >= 0.6 is 11.6 Å². The summed E-state index contributed by atoms with van der Waals surface area (Å²) in [6.07, 6.45) is 3.55. The topological polar surface area (TPSA) is 25.8 Å². The van der Waals surface area contributed by atoms with Crippen LogP contribution in [0.1, 0.15) is 22.5 Å². The predicted octanol–water partition coefficient (Wildman–Crippen LogP) is 3.53. The zero-order chi connectivity index (χ0) is 12.3. The molecule has 2 nitrogen and oxygen atoms in total. The standard InChI is InChI=1S/C14H15ClN2/c1-10-5-3-4-6-12(10)7-8-13-16-9-11(2)14(15)17-13/h3-6,9H,7-8H2,1-2H3. The van der Waals surface area contributed by atoms with Crippen LogP contribution in [0.4, 0.5) is 0 Å². The molecule has 88 valence electrons. The number of hydrogen-bond acceptors (Lipinski definition) is 2. The van der Waals surface area contributed by atoms with Crippen LogP contribution in [-0.4, -0.2) is 9.97 Å². The molecule has 0 atom stereocenters. The summed E-state index contributed by atoms with van der Waals surface area (Å²) in [6, 6.07) is 8.38. The van der Waals surface area contributed by atoms with Gasteiger partial charge in [-0.05, 0) is 31.4 Å². The lowest BCUT2D eigenvalue weighted by molar-refractivity contribution is 0.849. The van der Waals surface area contributed by atoms with Gasteiger partial charge in [0.1, 0.15) is 11.0 Å². The van der Waals surface area contributed by atoms with Gasteiger partial charge in [-0.1, -0.05) is 35.9 Å². The van der Waals surface area contributed by atoms with E-state index < -0.39 is 0 Å². The summed E-state index contributed by atoms with van der Waals surface area (Å²) in [5.41, 5.74) is 3.57. The Morgan fingerprint density at radius 2 is 1.82 bits per heavy atom. The van der Waals surface area contributed by atoms with Crippen LogP contribution in [0, 0.1) is 13.8 Å². The van der Waals surface area contributed by atoms with Gasteiger partial charge in [0.15, 0.2) is 0 Å². The summed E-state index contributed by atoms with van der Waals surface area (Å²) in [6.45, 7) is 4.03. The molecule has 2 rings (SSSR count). The summed E-state index contributed by atoms with van der Waals surface area (Å²) < 4.78 is 0. The highest BCUT2D eigenvalue weighted by atomic mass is 35.5. The highest BCUT2D eigenvalue weighted by Gasteiger charge is 2.03. The first-order chi connectivity index (χ1) is 8.16. The third-order valence-corrected chi connectivity index (χ3v) is 3.22. The molecule has 0 bridgehead atoms. The van der Waals surface area contributed by atoms with Crippen molar-refractivity contribution < 1.29 is 0 Å². The van der Waals surface area contributed by atoms with Crippen LogP contribution < -0.4 is 0 Å². The smallest absolute Gasteiger partial charge is 0.135 e. The summed E-state index contributed by atoms with van der Waals surface area (Å²) in [7, 11) is 0. The molecule has 2 aromatic rings. The zero-order valence-corrected chi connectivity index (χ0v) is 10.8. The van der Waals surface area contributed by atoms with Gasteiger partial charge in [0.25, 0.3) is 0 Å². The second-order valence-corrected chi connectivity index (χ2v) is 4.54. The highest BCUT2D eigenvalue weighted by Crippen LogP contribution is 2.13. The van der Waals surface area contributed by atoms with Gasteiger partial charge in [-0.2, -0.15) is 0 Å². The van der Waals surface area contributed by atoms with Crippen molar-refractivity contribution in [3.63, 3.8) is 0 Å². The van der Waals surface area contributed by atoms with E-state index in [-0.39, 0.29) is 0 Å². The third-order valence-electron chi connectivity index (χ3n) is 2.84. The van der Waals surface area contributed by atoms with E-state index >= 15 is 0 Å². The average molecular weight is 247 g/mol. The van der Waals surface area contributed by atoms with Crippen molar-refractivity contribution in [2.24, 2.45) is 0 Å². The maximum Gasteiger partial charge on any atom is 0.135 e. The molecule has 1 heterocycles. The van der Waals surface area contributed by atoms with Gasteiger partial charge < -0.3 is 0 Å². The Balaban J connectivity index is 2.08. The molecular formula is C14H15ClN2. The fourth-order valence-corrected chi connectivity index (χ4v) is 1.86. The Hall–Kier alpha value is -1.41. The van der Waals surface area contributed by atoms with Gasteiger partial charge >= 0.3 is 0 Å². The van der Waals surface area contributed by atoms with E-state index in [1.165, 1.54) is 11.1 Å². The molecule has 0 spiro atoms. The van der Waals surface area contributed by atoms with Gasteiger partial charge in [-0.3, -0.25) is 0 Å². The molecule has 0 aliphatic rings. The van der Waals surface area contributed by atoms with Gasteiger partial charge in [-0.25, -0.2) is 9.97 Å². The molecule has 17 heavy (non-hydrogen) atoms. The van der Waals surface area contributed by atoms with E-state index in [1.807, 2.05) is 6.92 Å². The van der Waals surface area contributed by atoms with Gasteiger partial charge in [0.05, 0.1) is 0 Å². The Morgan fingerprint density at radius 3 is 2.53 bits per heavy atom. The highest BCUT2D eigenvalue weighted by molar-refractivity contribution is 6.30. The quantitative estimate of drug-likeness (QED) is 0.775. The first-order valence-electron chi connectivity index (χ1n) is 5.69. The first-order valence-corrected chi connectivity index (χ1v) is 6.07. The number of rotatable bonds is 3. The molecule has 0 saturated heterocycles. The number of nitrogens with zero attached hydrogens (tertiary/aromatic N) is 2. The second-order valence-electron chi connectivity index (χ2n) is 4.19. The third kappa shape index (κ3) is 3.04. The lowest BCUT2D eigenvalue weighted by atomic mass is 10.0. The molecule has 0 amide bonds. The van der Waals surface area contributed by atoms with Gasteiger partial charge in [0, 0.05) is 18.2 Å². The molecule has 0 fully saturated rings. The maximum atomic E-state index is 5.98. The number of aromatic nitrogens is 2. The summed E-state index contributed by atoms with van der Waals surface area (Å²) in [5.74, 6) is 0.809. The van der Waals surface area contributed by atoms with Crippen LogP contribution in [0.15, 0.2) is 30.5 Å². The minimum absolute atomic E-state index is 0.555. The summed E-state index contributed by atoms with van der Waals surface area (Å²) in [4.78, 5) is 8.56. The maximum absolute atomic E-state index is 5.98. The van der Waals surface area contributed by atoms with Crippen molar-refractivity contribution in [3.8, 4) is 0 Å². The molecule has 1 aromatic carbocycles. The summed E-state index contributed by atoms with van der Waals surface area (Å²) in [5, 5.41) is 0.555. The van der Waals surface area contributed by atoms with Crippen molar-refractivity contribution in [3.05, 3.63) is 58.1 Å². The fraction of sp³-hybridized carbons (Fsp3) is 0.286. The van der Waals surface area contributed by atoms with E-state index in [9.17, 15) is 0 Å². The Kier molecular flexibility index (Phi) is 3.75. The van der Waals surface area contributed by atoms with Gasteiger partial charge in [0.2, 0.25) is 0 Å². The van der Waals surface area contributed by atoms with Crippen LogP contribution in [0.5, 0.6) is 0 Å². The molecule has 1 aromatic heterocycles. The van der Waals surface area contributed by atoms with Crippen LogP contribution in [0.25, 0.3) is 0 Å². The van der Waals surface area contributed by atoms with E-state index in [2.05, 4.69) is 41.2 Å². The van der Waals surface area contributed by atoms with Crippen molar-refractivity contribution in [1.82, 2.24) is 9.97 Å². The van der Waals surface area contributed by atoms with Crippen molar-refractivity contribution in [2.45, 2.75) is 26.7 Å². The van der Waals surface area contributed by atoms with Crippen molar-refractivity contribution >= 4 is 11.6 Å². The minimum atomic E-state index is 0.555. The lowest BCUT2D eigenvalue weighted by Crippen LogP contribution is -2.00. The zero-order valence-electron chi connectivity index (χ0n) is 10.1. The summed E-state index contributed by atoms with van der Waals surface area (Å²) >= 11 is 5.98. The SMILES string of the molecule is Cc1ccccc1CCc1ncc(C)c(Cl)n1. The molecule has 0 aliphatic heterocycles. The largest absolute Gasteiger partial charge is 0.241 e. The predicted molar refractivity (Wildman–Crippen MR) is 70.4 cm³/mol. The Labute approximate surface area is 107 Å². The lowest BCUT2D eigenvalue weighted by Gasteiger charge is -2.05. The Bertz CT molecular complexity index is 523. The number of hydrogen-bond donors (Lipinski definition) is 0. The van der Waals surface area contributed by atoms with Gasteiger partial charge in [-0.15, -0.1) is 0 Å². The number of halogens is 1. The normalized spacial score (nSPS) is 10.5. The van der Waals surface area contributed by atoms with E-state index in [4.69, 9.17) is 11.6 Å². The van der Waals surface area contributed by atoms with Crippen LogP contribution in [0.3, 0.4) is 0 Å². The van der Waals surface area contributed by atoms with Crippen molar-refractivity contribution in [2.75, 3.05) is 0 Å².